The molecule has 1 atom stereocenters. The predicted octanol–water partition coefficient (Wildman–Crippen LogP) is 1.91. The first-order valence-corrected chi connectivity index (χ1v) is 8.85. The van der Waals surface area contributed by atoms with E-state index in [1.54, 1.807) is 0 Å². The molecule has 1 unspecified atom stereocenters. The lowest BCUT2D eigenvalue weighted by Gasteiger charge is -2.47. The number of benzene rings is 1. The number of halogens is 1. The fourth-order valence-electron chi connectivity index (χ4n) is 3.29. The average molecular weight is 300 g/mol. The summed E-state index contributed by atoms with van der Waals surface area (Å²) in [6.07, 6.45) is 1.76. The molecule has 2 fully saturated rings. The maximum absolute atomic E-state index is 11.7. The quantitative estimate of drug-likeness (QED) is 0.927. The summed E-state index contributed by atoms with van der Waals surface area (Å²) in [6.45, 7) is 1.85. The zero-order valence-electron chi connectivity index (χ0n) is 10.7. The van der Waals surface area contributed by atoms with Crippen LogP contribution >= 0.6 is 11.6 Å². The summed E-state index contributed by atoms with van der Waals surface area (Å²) >= 11 is 5.90. The molecule has 2 heterocycles. The van der Waals surface area contributed by atoms with Crippen LogP contribution in [0.15, 0.2) is 24.3 Å². The zero-order chi connectivity index (χ0) is 13.5. The normalized spacial score (nSPS) is 27.9. The van der Waals surface area contributed by atoms with Crippen molar-refractivity contribution in [1.29, 1.82) is 0 Å². The van der Waals surface area contributed by atoms with Crippen molar-refractivity contribution in [2.75, 3.05) is 24.6 Å². The Bertz CT molecular complexity index is 564. The van der Waals surface area contributed by atoms with Crippen molar-refractivity contribution in [3.8, 4) is 0 Å². The van der Waals surface area contributed by atoms with Crippen molar-refractivity contribution >= 4 is 21.4 Å². The van der Waals surface area contributed by atoms with Gasteiger partial charge in [-0.2, -0.15) is 0 Å². The molecule has 0 saturated carbocycles. The molecular weight excluding hydrogens is 282 g/mol. The molecule has 2 aliphatic heterocycles. The lowest BCUT2D eigenvalue weighted by Crippen LogP contribution is -2.59. The molecule has 3 nitrogen and oxygen atoms in total. The molecule has 2 aliphatic rings. The number of nitrogens with one attached hydrogen (secondary N) is 1. The highest BCUT2D eigenvalue weighted by Crippen LogP contribution is 2.41. The van der Waals surface area contributed by atoms with Crippen LogP contribution in [0.25, 0.3) is 0 Å². The second kappa shape index (κ2) is 4.76. The summed E-state index contributed by atoms with van der Waals surface area (Å²) < 4.78 is 23.4. The summed E-state index contributed by atoms with van der Waals surface area (Å²) in [7, 11) is -2.80. The van der Waals surface area contributed by atoms with Gasteiger partial charge in [0.1, 0.15) is 0 Å². The molecule has 1 N–H and O–H groups in total. The van der Waals surface area contributed by atoms with Crippen molar-refractivity contribution < 1.29 is 8.42 Å². The minimum Gasteiger partial charge on any atom is -0.315 e. The van der Waals surface area contributed by atoms with Crippen LogP contribution < -0.4 is 5.32 Å². The molecule has 2 saturated heterocycles. The van der Waals surface area contributed by atoms with Crippen LogP contribution in [0.1, 0.15) is 12.0 Å². The van der Waals surface area contributed by atoms with E-state index in [0.717, 1.165) is 31.0 Å². The van der Waals surface area contributed by atoms with Gasteiger partial charge in [0.25, 0.3) is 0 Å². The van der Waals surface area contributed by atoms with Crippen LogP contribution in [0.2, 0.25) is 5.02 Å². The van der Waals surface area contributed by atoms with Gasteiger partial charge in [-0.3, -0.25) is 0 Å². The minimum atomic E-state index is -2.80. The summed E-state index contributed by atoms with van der Waals surface area (Å²) in [6, 6.07) is 7.90. The highest BCUT2D eigenvalue weighted by Gasteiger charge is 2.48. The number of hydrogen-bond donors (Lipinski definition) is 1. The Morgan fingerprint density at radius 2 is 1.95 bits per heavy atom. The van der Waals surface area contributed by atoms with Gasteiger partial charge in [0, 0.05) is 23.5 Å². The first-order valence-electron chi connectivity index (χ1n) is 6.65. The first-order chi connectivity index (χ1) is 8.99. The Kier molecular flexibility index (Phi) is 3.36. The predicted molar refractivity (Wildman–Crippen MR) is 77.2 cm³/mol. The Morgan fingerprint density at radius 1 is 1.26 bits per heavy atom. The van der Waals surface area contributed by atoms with Gasteiger partial charge in [-0.1, -0.05) is 23.7 Å². The third kappa shape index (κ3) is 2.67. The molecule has 0 aromatic heterocycles. The summed E-state index contributed by atoms with van der Waals surface area (Å²) in [5.41, 5.74) is 1.37. The third-order valence-electron chi connectivity index (χ3n) is 4.52. The summed E-state index contributed by atoms with van der Waals surface area (Å²) in [5.74, 6) is 1.02. The minimum absolute atomic E-state index is 0.122. The topological polar surface area (TPSA) is 46.2 Å². The maximum Gasteiger partial charge on any atom is 0.150 e. The van der Waals surface area contributed by atoms with Crippen molar-refractivity contribution in [1.82, 2.24) is 5.32 Å². The van der Waals surface area contributed by atoms with Crippen molar-refractivity contribution in [2.45, 2.75) is 12.8 Å². The van der Waals surface area contributed by atoms with E-state index in [-0.39, 0.29) is 5.41 Å². The van der Waals surface area contributed by atoms with Crippen LogP contribution in [-0.4, -0.2) is 33.0 Å². The molecular formula is C14H18ClNO2S. The van der Waals surface area contributed by atoms with E-state index in [9.17, 15) is 8.42 Å². The molecule has 0 aliphatic carbocycles. The van der Waals surface area contributed by atoms with Crippen LogP contribution in [0.5, 0.6) is 0 Å². The molecule has 0 spiro atoms. The van der Waals surface area contributed by atoms with E-state index in [0.29, 0.717) is 17.4 Å². The van der Waals surface area contributed by atoms with Gasteiger partial charge < -0.3 is 5.32 Å². The Labute approximate surface area is 119 Å². The highest BCUT2D eigenvalue weighted by atomic mass is 35.5. The van der Waals surface area contributed by atoms with Gasteiger partial charge >= 0.3 is 0 Å². The largest absolute Gasteiger partial charge is 0.315 e. The fraction of sp³-hybridized carbons (Fsp3) is 0.571. The van der Waals surface area contributed by atoms with Crippen molar-refractivity contribution in [3.63, 3.8) is 0 Å². The van der Waals surface area contributed by atoms with E-state index in [4.69, 9.17) is 11.6 Å². The van der Waals surface area contributed by atoms with E-state index in [2.05, 4.69) is 5.32 Å². The van der Waals surface area contributed by atoms with Gasteiger partial charge in [-0.15, -0.1) is 0 Å². The third-order valence-corrected chi connectivity index (χ3v) is 6.54. The van der Waals surface area contributed by atoms with Gasteiger partial charge in [0.2, 0.25) is 0 Å². The van der Waals surface area contributed by atoms with Gasteiger partial charge in [0.05, 0.1) is 11.5 Å². The zero-order valence-corrected chi connectivity index (χ0v) is 12.3. The molecule has 1 aromatic rings. The van der Waals surface area contributed by atoms with Gasteiger partial charge in [-0.05, 0) is 36.5 Å². The number of sulfone groups is 1. The van der Waals surface area contributed by atoms with Gasteiger partial charge in [-0.25, -0.2) is 8.42 Å². The smallest absolute Gasteiger partial charge is 0.150 e. The molecule has 0 radical (unpaired) electrons. The van der Waals surface area contributed by atoms with Crippen LogP contribution in [-0.2, 0) is 16.3 Å². The van der Waals surface area contributed by atoms with E-state index in [1.807, 2.05) is 24.3 Å². The Hall–Kier alpha value is -0.580. The summed E-state index contributed by atoms with van der Waals surface area (Å²) in [4.78, 5) is 0. The molecule has 0 bridgehead atoms. The van der Waals surface area contributed by atoms with E-state index in [1.165, 1.54) is 5.56 Å². The Balaban J connectivity index is 1.78. The van der Waals surface area contributed by atoms with Crippen molar-refractivity contribution in [3.05, 3.63) is 34.9 Å². The Morgan fingerprint density at radius 3 is 2.42 bits per heavy atom. The van der Waals surface area contributed by atoms with Crippen LogP contribution in [0, 0.1) is 11.3 Å². The first kappa shape index (κ1) is 13.4. The highest BCUT2D eigenvalue weighted by molar-refractivity contribution is 7.91. The molecule has 1 aromatic carbocycles. The lowest BCUT2D eigenvalue weighted by molar-refractivity contribution is 0.0925. The van der Waals surface area contributed by atoms with E-state index >= 15 is 0 Å². The summed E-state index contributed by atoms with van der Waals surface area (Å²) in [5, 5.41) is 4.06. The van der Waals surface area contributed by atoms with Crippen LogP contribution in [0.3, 0.4) is 0 Å². The van der Waals surface area contributed by atoms with Crippen LogP contribution in [0.4, 0.5) is 0 Å². The molecule has 3 rings (SSSR count). The second-order valence-corrected chi connectivity index (χ2v) is 8.53. The number of rotatable bonds is 3. The molecule has 0 amide bonds. The monoisotopic (exact) mass is 299 g/mol. The van der Waals surface area contributed by atoms with E-state index < -0.39 is 9.84 Å². The molecule has 19 heavy (non-hydrogen) atoms. The molecule has 5 heteroatoms. The lowest BCUT2D eigenvalue weighted by atomic mass is 9.67. The number of hydrogen-bond acceptors (Lipinski definition) is 3. The molecule has 104 valence electrons. The SMILES string of the molecule is O=S1(=O)CCC(C2(Cc3ccc(Cl)cc3)CNC2)C1. The fourth-order valence-corrected chi connectivity index (χ4v) is 5.36. The average Bonchev–Trinajstić information content (AvgIpc) is 2.67. The van der Waals surface area contributed by atoms with Gasteiger partial charge in [0.15, 0.2) is 9.84 Å². The maximum atomic E-state index is 11.7. The standard InChI is InChI=1S/C14H18ClNO2S/c15-13-3-1-11(2-4-13)7-14(9-16-10-14)12-5-6-19(17,18)8-12/h1-4,12,16H,5-10H2. The second-order valence-electron chi connectivity index (χ2n) is 5.87. The van der Waals surface area contributed by atoms with Crippen molar-refractivity contribution in [2.24, 2.45) is 11.3 Å².